The number of fused-ring (bicyclic) bond motifs is 1. The molecule has 1 aliphatic heterocycles. The molecule has 6 atom stereocenters. The van der Waals surface area contributed by atoms with Crippen molar-refractivity contribution >= 4 is 11.3 Å². The van der Waals surface area contributed by atoms with E-state index in [1.807, 2.05) is 0 Å². The summed E-state index contributed by atoms with van der Waals surface area (Å²) in [6, 6.07) is 2.79. The van der Waals surface area contributed by atoms with Crippen molar-refractivity contribution in [2.75, 3.05) is 6.54 Å². The van der Waals surface area contributed by atoms with Gasteiger partial charge in [-0.05, 0) is 56.4 Å². The van der Waals surface area contributed by atoms with Crippen LogP contribution in [0.2, 0.25) is 0 Å². The minimum absolute atomic E-state index is 0.0542. The van der Waals surface area contributed by atoms with Crippen LogP contribution >= 0.6 is 11.3 Å². The smallest absolute Gasteiger partial charge is 0.0928 e. The second kappa shape index (κ2) is 9.44. The maximum absolute atomic E-state index is 10.7. The fraction of sp³-hybridized carbons (Fsp3) is 0.680. The lowest BCUT2D eigenvalue weighted by Gasteiger charge is -2.49. The molecule has 1 aromatic rings. The van der Waals surface area contributed by atoms with Crippen LogP contribution in [0.3, 0.4) is 0 Å². The first-order valence-corrected chi connectivity index (χ1v) is 12.6. The second-order valence-corrected chi connectivity index (χ2v) is 10.8. The molecule has 0 bridgehead atoms. The molecule has 2 fully saturated rings. The SMILES string of the molecule is CCC1CCC(O)C2(C)C=CC(N3CCC(C#N)C3CCCc3ncc(CO)s3)=CC12. The summed E-state index contributed by atoms with van der Waals surface area (Å²) in [5, 5.41) is 30.8. The third kappa shape index (κ3) is 4.33. The molecular formula is C25H35N3O2S. The first-order chi connectivity index (χ1) is 15.0. The molecule has 3 aliphatic rings. The fourth-order valence-electron chi connectivity index (χ4n) is 5.97. The Kier molecular flexibility index (Phi) is 6.86. The molecule has 5 nitrogen and oxygen atoms in total. The van der Waals surface area contributed by atoms with E-state index in [9.17, 15) is 15.5 Å². The molecule has 0 spiro atoms. The summed E-state index contributed by atoms with van der Waals surface area (Å²) in [5.74, 6) is 1.02. The zero-order valence-electron chi connectivity index (χ0n) is 18.7. The van der Waals surface area contributed by atoms with Crippen molar-refractivity contribution < 1.29 is 10.2 Å². The van der Waals surface area contributed by atoms with E-state index in [0.29, 0.717) is 11.8 Å². The molecule has 1 aromatic heterocycles. The van der Waals surface area contributed by atoms with Crippen molar-refractivity contribution in [2.24, 2.45) is 23.2 Å². The van der Waals surface area contributed by atoms with Gasteiger partial charge in [0, 0.05) is 29.9 Å². The van der Waals surface area contributed by atoms with Crippen LogP contribution in [0.1, 0.15) is 62.3 Å². The number of aliphatic hydroxyl groups is 2. The molecule has 168 valence electrons. The first-order valence-electron chi connectivity index (χ1n) is 11.8. The van der Waals surface area contributed by atoms with E-state index in [-0.39, 0.29) is 30.1 Å². The van der Waals surface area contributed by atoms with Crippen LogP contribution in [0.5, 0.6) is 0 Å². The van der Waals surface area contributed by atoms with E-state index in [0.717, 1.165) is 61.4 Å². The lowest BCUT2D eigenvalue weighted by atomic mass is 9.58. The van der Waals surface area contributed by atoms with Gasteiger partial charge in [0.15, 0.2) is 0 Å². The van der Waals surface area contributed by atoms with Gasteiger partial charge in [-0.25, -0.2) is 4.98 Å². The van der Waals surface area contributed by atoms with Gasteiger partial charge in [0.1, 0.15) is 0 Å². The number of hydrogen-bond acceptors (Lipinski definition) is 6. The van der Waals surface area contributed by atoms with Gasteiger partial charge in [-0.1, -0.05) is 32.4 Å². The summed E-state index contributed by atoms with van der Waals surface area (Å²) in [6.07, 6.45) is 15.2. The van der Waals surface area contributed by atoms with Crippen LogP contribution in [0.4, 0.5) is 0 Å². The third-order valence-electron chi connectivity index (χ3n) is 7.93. The van der Waals surface area contributed by atoms with Crippen molar-refractivity contribution in [3.63, 3.8) is 0 Å². The van der Waals surface area contributed by atoms with Gasteiger partial charge in [-0.3, -0.25) is 0 Å². The number of nitriles is 1. The Balaban J connectivity index is 1.48. The standard InChI is InChI=1S/C25H35N3O2S/c1-3-17-7-8-23(30)25(2)11-9-19(13-21(17)25)28-12-10-18(14-26)22(28)5-4-6-24-27-15-20(16-29)31-24/h9,11,13,15,17-18,21-23,29-30H,3-8,10,12,16H2,1-2H3. The number of aliphatic hydroxyl groups excluding tert-OH is 2. The minimum atomic E-state index is -0.280. The largest absolute Gasteiger partial charge is 0.392 e. The Hall–Kier alpha value is -1.68. The molecule has 0 radical (unpaired) electrons. The summed E-state index contributed by atoms with van der Waals surface area (Å²) in [7, 11) is 0. The van der Waals surface area contributed by atoms with Gasteiger partial charge in [0.05, 0.1) is 34.6 Å². The highest BCUT2D eigenvalue weighted by atomic mass is 32.1. The maximum atomic E-state index is 10.7. The Morgan fingerprint density at radius 2 is 2.19 bits per heavy atom. The Morgan fingerprint density at radius 3 is 2.90 bits per heavy atom. The highest BCUT2D eigenvalue weighted by Gasteiger charge is 2.47. The van der Waals surface area contributed by atoms with E-state index in [1.54, 1.807) is 17.5 Å². The number of likely N-dealkylation sites (tertiary alicyclic amines) is 1. The molecule has 2 aliphatic carbocycles. The number of allylic oxidation sites excluding steroid dienone is 2. The van der Waals surface area contributed by atoms with Crippen LogP contribution in [-0.2, 0) is 13.0 Å². The van der Waals surface area contributed by atoms with Gasteiger partial charge >= 0.3 is 0 Å². The second-order valence-electron chi connectivity index (χ2n) is 9.63. The summed E-state index contributed by atoms with van der Waals surface area (Å²) in [5.41, 5.74) is 1.07. The Bertz CT molecular complexity index is 872. The van der Waals surface area contributed by atoms with Gasteiger partial charge in [-0.2, -0.15) is 5.26 Å². The number of hydrogen-bond donors (Lipinski definition) is 2. The lowest BCUT2D eigenvalue weighted by Crippen LogP contribution is -2.47. The predicted molar refractivity (Wildman–Crippen MR) is 123 cm³/mol. The lowest BCUT2D eigenvalue weighted by molar-refractivity contribution is -0.0232. The number of nitrogens with zero attached hydrogens (tertiary/aromatic N) is 3. The summed E-state index contributed by atoms with van der Waals surface area (Å²) in [6.45, 7) is 5.45. The minimum Gasteiger partial charge on any atom is -0.392 e. The van der Waals surface area contributed by atoms with Crippen LogP contribution in [-0.4, -0.2) is 38.8 Å². The van der Waals surface area contributed by atoms with E-state index in [1.165, 1.54) is 5.70 Å². The number of rotatable bonds is 7. The predicted octanol–water partition coefficient (Wildman–Crippen LogP) is 4.43. The average molecular weight is 442 g/mol. The molecule has 1 saturated carbocycles. The van der Waals surface area contributed by atoms with E-state index >= 15 is 0 Å². The highest BCUT2D eigenvalue weighted by Crippen LogP contribution is 2.50. The average Bonchev–Trinajstić information content (AvgIpc) is 3.41. The number of aromatic nitrogens is 1. The molecule has 6 unspecified atom stereocenters. The first kappa shape index (κ1) is 22.5. The fourth-order valence-corrected chi connectivity index (χ4v) is 6.79. The molecule has 4 rings (SSSR count). The zero-order valence-corrected chi connectivity index (χ0v) is 19.5. The van der Waals surface area contributed by atoms with Gasteiger partial charge < -0.3 is 15.1 Å². The molecule has 31 heavy (non-hydrogen) atoms. The van der Waals surface area contributed by atoms with Crippen molar-refractivity contribution in [1.29, 1.82) is 5.26 Å². The monoisotopic (exact) mass is 441 g/mol. The molecule has 0 aromatic carbocycles. The molecule has 0 amide bonds. The number of thiazole rings is 1. The van der Waals surface area contributed by atoms with Crippen LogP contribution < -0.4 is 0 Å². The maximum Gasteiger partial charge on any atom is 0.0928 e. The summed E-state index contributed by atoms with van der Waals surface area (Å²) in [4.78, 5) is 7.78. The van der Waals surface area contributed by atoms with Gasteiger partial charge in [-0.15, -0.1) is 11.3 Å². The zero-order chi connectivity index (χ0) is 22.0. The van der Waals surface area contributed by atoms with Crippen molar-refractivity contribution in [3.8, 4) is 6.07 Å². The van der Waals surface area contributed by atoms with Crippen molar-refractivity contribution in [1.82, 2.24) is 9.88 Å². The van der Waals surface area contributed by atoms with Crippen LogP contribution in [0, 0.1) is 34.5 Å². The van der Waals surface area contributed by atoms with Crippen LogP contribution in [0.25, 0.3) is 0 Å². The summed E-state index contributed by atoms with van der Waals surface area (Å²) >= 11 is 1.58. The molecule has 6 heteroatoms. The quantitative estimate of drug-likeness (QED) is 0.654. The van der Waals surface area contributed by atoms with Gasteiger partial charge in [0.25, 0.3) is 0 Å². The molecule has 1 saturated heterocycles. The number of aryl methyl sites for hydroxylation is 1. The topological polar surface area (TPSA) is 80.4 Å². The van der Waals surface area contributed by atoms with Crippen molar-refractivity contribution in [2.45, 2.75) is 77.5 Å². The molecule has 2 N–H and O–H groups in total. The highest BCUT2D eigenvalue weighted by molar-refractivity contribution is 7.11. The van der Waals surface area contributed by atoms with Gasteiger partial charge in [0.2, 0.25) is 0 Å². The normalized spacial score (nSPS) is 35.0. The van der Waals surface area contributed by atoms with E-state index < -0.39 is 0 Å². The van der Waals surface area contributed by atoms with Crippen molar-refractivity contribution in [3.05, 3.63) is 40.0 Å². The Morgan fingerprint density at radius 1 is 1.35 bits per heavy atom. The molecule has 2 heterocycles. The third-order valence-corrected chi connectivity index (χ3v) is 8.98. The van der Waals surface area contributed by atoms with Crippen LogP contribution in [0.15, 0.2) is 30.1 Å². The van der Waals surface area contributed by atoms with E-state index in [2.05, 4.69) is 48.0 Å². The summed E-state index contributed by atoms with van der Waals surface area (Å²) < 4.78 is 0. The van der Waals surface area contributed by atoms with E-state index in [4.69, 9.17) is 0 Å². The molecular weight excluding hydrogens is 406 g/mol. The Labute approximate surface area is 190 Å².